The van der Waals surface area contributed by atoms with Crippen molar-refractivity contribution in [2.24, 2.45) is 0 Å². The van der Waals surface area contributed by atoms with Crippen molar-refractivity contribution in [1.29, 1.82) is 0 Å². The number of nitrogens with one attached hydrogen (secondary N) is 1. The Labute approximate surface area is 162 Å². The van der Waals surface area contributed by atoms with Gasteiger partial charge in [-0.15, -0.1) is 0 Å². The largest absolute Gasteiger partial charge is 0.465 e. The van der Waals surface area contributed by atoms with Crippen LogP contribution in [-0.4, -0.2) is 37.5 Å². The van der Waals surface area contributed by atoms with E-state index in [1.165, 1.54) is 19.2 Å². The number of hydrogen-bond donors (Lipinski definition) is 1. The summed E-state index contributed by atoms with van der Waals surface area (Å²) in [5.74, 6) is -1.03. The molecule has 1 fully saturated rings. The molecule has 3 rings (SSSR count). The van der Waals surface area contributed by atoms with Crippen molar-refractivity contribution in [3.05, 3.63) is 64.7 Å². The van der Waals surface area contributed by atoms with E-state index in [0.717, 1.165) is 16.9 Å². The normalized spacial score (nSPS) is 16.7. The standard InChI is InChI=1S/C20H19ClN2O4/c1-27-20(26)14-4-8-16(9-5-14)23-18(24)12-17(19(23)25)22-11-10-13-2-6-15(21)7-3-13/h2-9,17,22H,10-12H2,1H3/t17-/m1/s1. The fourth-order valence-corrected chi connectivity index (χ4v) is 3.09. The van der Waals surface area contributed by atoms with Gasteiger partial charge in [0.25, 0.3) is 5.91 Å². The van der Waals surface area contributed by atoms with Crippen LogP contribution in [0.25, 0.3) is 0 Å². The van der Waals surface area contributed by atoms with E-state index in [1.807, 2.05) is 24.3 Å². The second kappa shape index (κ2) is 8.33. The first-order chi connectivity index (χ1) is 13.0. The van der Waals surface area contributed by atoms with Crippen LogP contribution in [0.4, 0.5) is 5.69 Å². The molecule has 0 bridgehead atoms. The number of ether oxygens (including phenoxy) is 1. The van der Waals surface area contributed by atoms with Crippen molar-refractivity contribution >= 4 is 35.1 Å². The summed E-state index contributed by atoms with van der Waals surface area (Å²) in [6.07, 6.45) is 0.834. The van der Waals surface area contributed by atoms with Gasteiger partial charge in [-0.2, -0.15) is 0 Å². The van der Waals surface area contributed by atoms with Crippen molar-refractivity contribution in [3.8, 4) is 0 Å². The number of imide groups is 1. The van der Waals surface area contributed by atoms with E-state index in [4.69, 9.17) is 11.6 Å². The Morgan fingerprint density at radius 1 is 1.15 bits per heavy atom. The lowest BCUT2D eigenvalue weighted by atomic mass is 10.1. The van der Waals surface area contributed by atoms with E-state index in [1.54, 1.807) is 12.1 Å². The molecule has 2 aromatic rings. The summed E-state index contributed by atoms with van der Waals surface area (Å²) >= 11 is 5.87. The number of rotatable bonds is 6. The highest BCUT2D eigenvalue weighted by atomic mass is 35.5. The van der Waals surface area contributed by atoms with E-state index in [-0.39, 0.29) is 18.2 Å². The van der Waals surface area contributed by atoms with E-state index >= 15 is 0 Å². The third kappa shape index (κ3) is 4.35. The van der Waals surface area contributed by atoms with Gasteiger partial charge >= 0.3 is 5.97 Å². The summed E-state index contributed by atoms with van der Waals surface area (Å²) in [6, 6.07) is 13.1. The summed E-state index contributed by atoms with van der Waals surface area (Å²) in [4.78, 5) is 37.6. The Morgan fingerprint density at radius 2 is 1.81 bits per heavy atom. The second-order valence-corrected chi connectivity index (χ2v) is 6.63. The highest BCUT2D eigenvalue weighted by molar-refractivity contribution is 6.30. The molecule has 0 unspecified atom stereocenters. The van der Waals surface area contributed by atoms with Gasteiger partial charge in [-0.3, -0.25) is 9.59 Å². The smallest absolute Gasteiger partial charge is 0.337 e. The minimum absolute atomic E-state index is 0.109. The Balaban J connectivity index is 1.61. The van der Waals surface area contributed by atoms with Crippen LogP contribution in [0, 0.1) is 0 Å². The average Bonchev–Trinajstić information content (AvgIpc) is 2.96. The van der Waals surface area contributed by atoms with Crippen molar-refractivity contribution in [2.75, 3.05) is 18.6 Å². The molecule has 1 aliphatic rings. The number of halogens is 1. The van der Waals surface area contributed by atoms with E-state index < -0.39 is 12.0 Å². The van der Waals surface area contributed by atoms with E-state index in [2.05, 4.69) is 10.1 Å². The maximum Gasteiger partial charge on any atom is 0.337 e. The van der Waals surface area contributed by atoms with Gasteiger partial charge in [0.05, 0.1) is 30.8 Å². The molecule has 1 heterocycles. The molecule has 27 heavy (non-hydrogen) atoms. The fraction of sp³-hybridized carbons (Fsp3) is 0.250. The highest BCUT2D eigenvalue weighted by Gasteiger charge is 2.39. The number of carbonyl (C=O) groups is 3. The molecule has 0 radical (unpaired) electrons. The van der Waals surface area contributed by atoms with Crippen LogP contribution in [0.3, 0.4) is 0 Å². The van der Waals surface area contributed by atoms with Gasteiger partial charge in [-0.25, -0.2) is 9.69 Å². The Hall–Kier alpha value is -2.70. The quantitative estimate of drug-likeness (QED) is 0.610. The lowest BCUT2D eigenvalue weighted by Crippen LogP contribution is -2.39. The van der Waals surface area contributed by atoms with Crippen molar-refractivity contribution in [1.82, 2.24) is 5.32 Å². The molecule has 7 heteroatoms. The first-order valence-corrected chi connectivity index (χ1v) is 8.90. The summed E-state index contributed by atoms with van der Waals surface area (Å²) in [5.41, 5.74) is 1.90. The van der Waals surface area contributed by atoms with Crippen LogP contribution >= 0.6 is 11.6 Å². The fourth-order valence-electron chi connectivity index (χ4n) is 2.97. The molecule has 0 saturated carbocycles. The SMILES string of the molecule is COC(=O)c1ccc(N2C(=O)C[C@@H](NCCc3ccc(Cl)cc3)C2=O)cc1. The summed E-state index contributed by atoms with van der Waals surface area (Å²) < 4.78 is 4.64. The number of esters is 1. The number of methoxy groups -OCH3 is 1. The molecule has 1 aliphatic heterocycles. The van der Waals surface area contributed by atoms with Gasteiger partial charge in [0.15, 0.2) is 0 Å². The van der Waals surface area contributed by atoms with Gasteiger partial charge in [0, 0.05) is 5.02 Å². The number of anilines is 1. The summed E-state index contributed by atoms with van der Waals surface area (Å²) in [6.45, 7) is 0.570. The highest BCUT2D eigenvalue weighted by Crippen LogP contribution is 2.23. The third-order valence-electron chi connectivity index (χ3n) is 4.41. The Bertz CT molecular complexity index is 849. The minimum Gasteiger partial charge on any atom is -0.465 e. The summed E-state index contributed by atoms with van der Waals surface area (Å²) in [5, 5.41) is 3.82. The molecule has 1 atom stereocenters. The zero-order valence-corrected chi connectivity index (χ0v) is 15.5. The van der Waals surface area contributed by atoms with E-state index in [0.29, 0.717) is 22.8 Å². The molecular weight excluding hydrogens is 368 g/mol. The lowest BCUT2D eigenvalue weighted by Gasteiger charge is -2.16. The maximum atomic E-state index is 12.6. The molecule has 140 valence electrons. The van der Waals surface area contributed by atoms with Crippen molar-refractivity contribution < 1.29 is 19.1 Å². The first kappa shape index (κ1) is 19.1. The lowest BCUT2D eigenvalue weighted by molar-refractivity contribution is -0.121. The van der Waals surface area contributed by atoms with Crippen molar-refractivity contribution in [2.45, 2.75) is 18.9 Å². The number of benzene rings is 2. The topological polar surface area (TPSA) is 75.7 Å². The van der Waals surface area contributed by atoms with Crippen LogP contribution in [0.5, 0.6) is 0 Å². The number of amides is 2. The number of carbonyl (C=O) groups excluding carboxylic acids is 3. The molecule has 1 N–H and O–H groups in total. The van der Waals surface area contributed by atoms with Gasteiger partial charge in [-0.05, 0) is 54.9 Å². The average molecular weight is 387 g/mol. The molecule has 1 saturated heterocycles. The minimum atomic E-state index is -0.551. The van der Waals surface area contributed by atoms with Crippen LogP contribution in [0.2, 0.25) is 5.02 Å². The zero-order valence-electron chi connectivity index (χ0n) is 14.8. The first-order valence-electron chi connectivity index (χ1n) is 8.52. The van der Waals surface area contributed by atoms with Crippen LogP contribution in [-0.2, 0) is 20.7 Å². The van der Waals surface area contributed by atoms with Gasteiger partial charge in [0.1, 0.15) is 0 Å². The number of hydrogen-bond acceptors (Lipinski definition) is 5. The van der Waals surface area contributed by atoms with Crippen molar-refractivity contribution in [3.63, 3.8) is 0 Å². The van der Waals surface area contributed by atoms with Gasteiger partial charge < -0.3 is 10.1 Å². The maximum absolute atomic E-state index is 12.6. The predicted molar refractivity (Wildman–Crippen MR) is 102 cm³/mol. The third-order valence-corrected chi connectivity index (χ3v) is 4.66. The van der Waals surface area contributed by atoms with Gasteiger partial charge in [-0.1, -0.05) is 23.7 Å². The monoisotopic (exact) mass is 386 g/mol. The zero-order chi connectivity index (χ0) is 19.4. The van der Waals surface area contributed by atoms with Crippen LogP contribution in [0.1, 0.15) is 22.3 Å². The molecule has 2 amide bonds. The van der Waals surface area contributed by atoms with Gasteiger partial charge in [0.2, 0.25) is 5.91 Å². The summed E-state index contributed by atoms with van der Waals surface area (Å²) in [7, 11) is 1.30. The molecular formula is C20H19ClN2O4. The molecule has 0 aliphatic carbocycles. The van der Waals surface area contributed by atoms with Crippen LogP contribution in [0.15, 0.2) is 48.5 Å². The molecule has 0 spiro atoms. The second-order valence-electron chi connectivity index (χ2n) is 6.19. The molecule has 0 aromatic heterocycles. The van der Waals surface area contributed by atoms with Crippen LogP contribution < -0.4 is 10.2 Å². The Kier molecular flexibility index (Phi) is 5.88. The predicted octanol–water partition coefficient (Wildman–Crippen LogP) is 2.59. The number of nitrogens with zero attached hydrogens (tertiary/aromatic N) is 1. The Morgan fingerprint density at radius 3 is 2.44 bits per heavy atom. The van der Waals surface area contributed by atoms with E-state index in [9.17, 15) is 14.4 Å². The molecule has 2 aromatic carbocycles. The molecule has 6 nitrogen and oxygen atoms in total.